The van der Waals surface area contributed by atoms with Gasteiger partial charge in [-0.15, -0.1) is 0 Å². The summed E-state index contributed by atoms with van der Waals surface area (Å²) < 4.78 is 2.03. The van der Waals surface area contributed by atoms with Gasteiger partial charge in [-0.25, -0.2) is 9.78 Å². The minimum absolute atomic E-state index is 0.307. The molecule has 1 heterocycles. The predicted molar refractivity (Wildman–Crippen MR) is 135 cm³/mol. The molecule has 4 rings (SSSR count). The van der Waals surface area contributed by atoms with Crippen molar-refractivity contribution in [1.29, 1.82) is 0 Å². The van der Waals surface area contributed by atoms with Crippen molar-refractivity contribution in [2.24, 2.45) is 0 Å². The van der Waals surface area contributed by atoms with Crippen LogP contribution in [0.4, 0.5) is 0 Å². The van der Waals surface area contributed by atoms with Crippen LogP contribution in [0.5, 0.6) is 0 Å². The molecule has 0 spiro atoms. The molecule has 0 saturated carbocycles. The van der Waals surface area contributed by atoms with Crippen LogP contribution in [0.3, 0.4) is 0 Å². The van der Waals surface area contributed by atoms with Crippen molar-refractivity contribution in [3.8, 4) is 0 Å². The fourth-order valence-electron chi connectivity index (χ4n) is 3.46. The third-order valence-electron chi connectivity index (χ3n) is 5.18. The number of hydrogen-bond acceptors (Lipinski definition) is 3. The molecular formula is C27H23ClN2O2S. The summed E-state index contributed by atoms with van der Waals surface area (Å²) in [7, 11) is 0. The van der Waals surface area contributed by atoms with Crippen LogP contribution in [0.25, 0.3) is 6.08 Å². The number of aliphatic carboxylic acids is 1. The standard InChI is InChI=1S/C27H23ClN2O2S/c28-25-14-8-7-13-22(25)18-30-24(16-23(26(31)32)15-20-9-3-1-4-10-20)17-29-27(30)33-19-21-11-5-2-6-12-21/h1-14,16-17H,15,18-19H2,(H,31,32)/b23-16+. The van der Waals surface area contributed by atoms with Gasteiger partial charge in [0, 0.05) is 22.8 Å². The molecule has 0 unspecified atom stereocenters. The second-order valence-electron chi connectivity index (χ2n) is 7.55. The molecule has 0 radical (unpaired) electrons. The van der Waals surface area contributed by atoms with E-state index in [2.05, 4.69) is 17.1 Å². The highest BCUT2D eigenvalue weighted by Gasteiger charge is 2.15. The van der Waals surface area contributed by atoms with E-state index >= 15 is 0 Å². The van der Waals surface area contributed by atoms with Crippen LogP contribution in [-0.4, -0.2) is 20.6 Å². The van der Waals surface area contributed by atoms with Crippen LogP contribution in [0, 0.1) is 0 Å². The quantitative estimate of drug-likeness (QED) is 0.219. The highest BCUT2D eigenvalue weighted by Crippen LogP contribution is 2.27. The van der Waals surface area contributed by atoms with E-state index < -0.39 is 5.97 Å². The van der Waals surface area contributed by atoms with Crippen LogP contribution in [-0.2, 0) is 23.5 Å². The minimum atomic E-state index is -0.942. The zero-order valence-corrected chi connectivity index (χ0v) is 19.5. The van der Waals surface area contributed by atoms with Crippen molar-refractivity contribution >= 4 is 35.4 Å². The van der Waals surface area contributed by atoms with Gasteiger partial charge in [0.15, 0.2) is 5.16 Å². The summed E-state index contributed by atoms with van der Waals surface area (Å²) in [6.45, 7) is 0.501. The van der Waals surface area contributed by atoms with Gasteiger partial charge in [0.05, 0.1) is 18.4 Å². The van der Waals surface area contributed by atoms with Gasteiger partial charge in [0.1, 0.15) is 0 Å². The first-order valence-corrected chi connectivity index (χ1v) is 11.9. The van der Waals surface area contributed by atoms with Crippen molar-refractivity contribution in [2.45, 2.75) is 23.9 Å². The Hall–Kier alpha value is -3.28. The van der Waals surface area contributed by atoms with Crippen molar-refractivity contribution in [3.05, 3.63) is 124 Å². The number of rotatable bonds is 9. The maximum Gasteiger partial charge on any atom is 0.331 e. The number of thioether (sulfide) groups is 1. The average molecular weight is 475 g/mol. The SMILES string of the molecule is O=C(O)/C(=C/c1cnc(SCc2ccccc2)n1Cc1ccccc1Cl)Cc1ccccc1. The fourth-order valence-corrected chi connectivity index (χ4v) is 4.60. The molecule has 0 aliphatic carbocycles. The lowest BCUT2D eigenvalue weighted by Gasteiger charge is -2.12. The molecule has 0 fully saturated rings. The molecule has 1 N–H and O–H groups in total. The molecule has 33 heavy (non-hydrogen) atoms. The summed E-state index contributed by atoms with van der Waals surface area (Å²) in [5.74, 6) is -0.179. The molecule has 0 saturated heterocycles. The van der Waals surface area contributed by atoms with Crippen molar-refractivity contribution in [1.82, 2.24) is 9.55 Å². The minimum Gasteiger partial charge on any atom is -0.478 e. The molecular weight excluding hydrogens is 452 g/mol. The maximum atomic E-state index is 12.0. The van der Waals surface area contributed by atoms with E-state index in [4.69, 9.17) is 11.6 Å². The molecule has 3 aromatic carbocycles. The summed E-state index contributed by atoms with van der Waals surface area (Å²) in [6.07, 6.45) is 3.78. The Morgan fingerprint density at radius 2 is 1.58 bits per heavy atom. The van der Waals surface area contributed by atoms with Crippen molar-refractivity contribution in [3.63, 3.8) is 0 Å². The van der Waals surface area contributed by atoms with E-state index in [9.17, 15) is 9.90 Å². The molecule has 6 heteroatoms. The first-order chi connectivity index (χ1) is 16.1. The third kappa shape index (κ3) is 6.15. The van der Waals surface area contributed by atoms with Gasteiger partial charge in [0.25, 0.3) is 0 Å². The largest absolute Gasteiger partial charge is 0.478 e. The molecule has 0 aliphatic heterocycles. The smallest absolute Gasteiger partial charge is 0.331 e. The summed E-state index contributed by atoms with van der Waals surface area (Å²) in [5.41, 5.74) is 4.14. The fraction of sp³-hybridized carbons (Fsp3) is 0.111. The summed E-state index contributed by atoms with van der Waals surface area (Å²) in [4.78, 5) is 16.6. The number of imidazole rings is 1. The number of carboxylic acids is 1. The van der Waals surface area contributed by atoms with Gasteiger partial charge in [-0.2, -0.15) is 0 Å². The zero-order valence-electron chi connectivity index (χ0n) is 17.9. The lowest BCUT2D eigenvalue weighted by molar-refractivity contribution is -0.132. The Morgan fingerprint density at radius 3 is 2.24 bits per heavy atom. The summed E-state index contributed by atoms with van der Waals surface area (Å²) >= 11 is 8.05. The van der Waals surface area contributed by atoms with E-state index in [0.29, 0.717) is 23.6 Å². The van der Waals surface area contributed by atoms with Gasteiger partial charge >= 0.3 is 5.97 Å². The Kier molecular flexibility index (Phi) is 7.66. The molecule has 0 bridgehead atoms. The second-order valence-corrected chi connectivity index (χ2v) is 8.90. The Labute approximate surface area is 202 Å². The number of nitrogens with zero attached hydrogens (tertiary/aromatic N) is 2. The van der Waals surface area contributed by atoms with Gasteiger partial charge in [-0.05, 0) is 28.8 Å². The Balaban J connectivity index is 1.68. The van der Waals surface area contributed by atoms with E-state index in [1.54, 1.807) is 24.0 Å². The van der Waals surface area contributed by atoms with Crippen LogP contribution in [0.15, 0.2) is 102 Å². The van der Waals surface area contributed by atoms with Gasteiger partial charge in [-0.1, -0.05) is 102 Å². The van der Waals surface area contributed by atoms with E-state index in [1.807, 2.05) is 77.4 Å². The number of carbonyl (C=O) groups is 1. The normalized spacial score (nSPS) is 11.5. The molecule has 1 aromatic heterocycles. The van der Waals surface area contributed by atoms with Crippen LogP contribution >= 0.6 is 23.4 Å². The van der Waals surface area contributed by atoms with E-state index in [1.165, 1.54) is 5.56 Å². The zero-order chi connectivity index (χ0) is 23.0. The highest BCUT2D eigenvalue weighted by molar-refractivity contribution is 7.98. The summed E-state index contributed by atoms with van der Waals surface area (Å²) in [6, 6.07) is 27.5. The first-order valence-electron chi connectivity index (χ1n) is 10.5. The Bertz CT molecular complexity index is 1250. The van der Waals surface area contributed by atoms with Crippen LogP contribution in [0.1, 0.15) is 22.4 Å². The van der Waals surface area contributed by atoms with Crippen molar-refractivity contribution < 1.29 is 9.90 Å². The van der Waals surface area contributed by atoms with Crippen LogP contribution < -0.4 is 0 Å². The lowest BCUT2D eigenvalue weighted by Crippen LogP contribution is -2.08. The number of carboxylic acid groups (broad SMARTS) is 1. The van der Waals surface area contributed by atoms with Gasteiger partial charge in [-0.3, -0.25) is 0 Å². The number of aromatic nitrogens is 2. The molecule has 0 aliphatic rings. The van der Waals surface area contributed by atoms with Gasteiger partial charge < -0.3 is 9.67 Å². The second kappa shape index (κ2) is 11.0. The first kappa shape index (κ1) is 22.9. The molecule has 166 valence electrons. The van der Waals surface area contributed by atoms with E-state index in [0.717, 1.165) is 27.7 Å². The number of hydrogen-bond donors (Lipinski definition) is 1. The number of benzene rings is 3. The molecule has 4 aromatic rings. The molecule has 0 atom stereocenters. The highest BCUT2D eigenvalue weighted by atomic mass is 35.5. The van der Waals surface area contributed by atoms with E-state index in [-0.39, 0.29) is 0 Å². The molecule has 4 nitrogen and oxygen atoms in total. The average Bonchev–Trinajstić information content (AvgIpc) is 3.21. The maximum absolute atomic E-state index is 12.0. The monoisotopic (exact) mass is 474 g/mol. The van der Waals surface area contributed by atoms with Gasteiger partial charge in [0.2, 0.25) is 0 Å². The topological polar surface area (TPSA) is 55.1 Å². The predicted octanol–water partition coefficient (Wildman–Crippen LogP) is 6.59. The lowest BCUT2D eigenvalue weighted by atomic mass is 10.0. The number of halogens is 1. The van der Waals surface area contributed by atoms with Crippen LogP contribution in [0.2, 0.25) is 5.02 Å². The van der Waals surface area contributed by atoms with Crippen molar-refractivity contribution in [2.75, 3.05) is 0 Å². The summed E-state index contributed by atoms with van der Waals surface area (Å²) in [5, 5.41) is 11.3. The Morgan fingerprint density at radius 1 is 0.939 bits per heavy atom. The third-order valence-corrected chi connectivity index (χ3v) is 6.61. The molecule has 0 amide bonds.